The number of unbranched alkanes of at least 4 members (excludes halogenated alkanes) is 1. The summed E-state index contributed by atoms with van der Waals surface area (Å²) in [6.45, 7) is 1.95. The third-order valence-electron chi connectivity index (χ3n) is 5.08. The van der Waals surface area contributed by atoms with Gasteiger partial charge in [0.1, 0.15) is 5.82 Å². The second-order valence-corrected chi connectivity index (χ2v) is 7.60. The number of nitrogens with zero attached hydrogens (tertiary/aromatic N) is 1. The first-order valence-corrected chi connectivity index (χ1v) is 10.7. The molecular formula is C24H25FN2O6. The summed E-state index contributed by atoms with van der Waals surface area (Å²) in [5.74, 6) is -3.06. The normalized spacial score (nSPS) is 15.3. The first kappa shape index (κ1) is 23.9. The molecule has 2 amide bonds. The molecule has 1 aliphatic heterocycles. The molecule has 0 radical (unpaired) electrons. The molecule has 8 nitrogen and oxygen atoms in total. The molecule has 2 aromatic carbocycles. The fourth-order valence-electron chi connectivity index (χ4n) is 3.27. The monoisotopic (exact) mass is 456 g/mol. The number of amides is 2. The van der Waals surface area contributed by atoms with E-state index in [9.17, 15) is 23.6 Å². The van der Waals surface area contributed by atoms with Crippen molar-refractivity contribution in [3.8, 4) is 0 Å². The largest absolute Gasteiger partial charge is 0.462 e. The van der Waals surface area contributed by atoms with Gasteiger partial charge in [-0.25, -0.2) is 9.18 Å². The van der Waals surface area contributed by atoms with Gasteiger partial charge in [0.2, 0.25) is 5.91 Å². The number of carbonyl (C=O) groups excluding carboxylic acids is 4. The minimum Gasteiger partial charge on any atom is -0.462 e. The van der Waals surface area contributed by atoms with Crippen molar-refractivity contribution in [2.75, 3.05) is 30.0 Å². The van der Waals surface area contributed by atoms with Crippen LogP contribution in [-0.4, -0.2) is 43.5 Å². The van der Waals surface area contributed by atoms with Gasteiger partial charge in [-0.2, -0.15) is 0 Å². The van der Waals surface area contributed by atoms with Crippen molar-refractivity contribution in [2.24, 2.45) is 5.92 Å². The van der Waals surface area contributed by atoms with E-state index in [4.69, 9.17) is 9.47 Å². The molecule has 0 unspecified atom stereocenters. The van der Waals surface area contributed by atoms with E-state index in [2.05, 4.69) is 5.32 Å². The van der Waals surface area contributed by atoms with Gasteiger partial charge >= 0.3 is 11.9 Å². The molecule has 0 aliphatic carbocycles. The highest BCUT2D eigenvalue weighted by Crippen LogP contribution is 2.26. The van der Waals surface area contributed by atoms with Gasteiger partial charge in [0.15, 0.2) is 6.61 Å². The second kappa shape index (κ2) is 11.2. The smallest absolute Gasteiger partial charge is 0.338 e. The van der Waals surface area contributed by atoms with Gasteiger partial charge in [-0.15, -0.1) is 0 Å². The Bertz CT molecular complexity index is 1010. The maximum atomic E-state index is 12.9. The van der Waals surface area contributed by atoms with Crippen LogP contribution in [0.3, 0.4) is 0 Å². The molecule has 2 aromatic rings. The number of anilines is 2. The predicted molar refractivity (Wildman–Crippen MR) is 118 cm³/mol. The van der Waals surface area contributed by atoms with E-state index in [0.717, 1.165) is 12.8 Å². The second-order valence-electron chi connectivity index (χ2n) is 7.60. The van der Waals surface area contributed by atoms with Crippen molar-refractivity contribution in [2.45, 2.75) is 26.2 Å². The van der Waals surface area contributed by atoms with Crippen LogP contribution in [0.5, 0.6) is 0 Å². The van der Waals surface area contributed by atoms with Crippen LogP contribution in [0.4, 0.5) is 15.8 Å². The van der Waals surface area contributed by atoms with E-state index in [1.807, 2.05) is 6.92 Å². The number of nitrogens with one attached hydrogen (secondary N) is 1. The van der Waals surface area contributed by atoms with E-state index in [1.54, 1.807) is 24.3 Å². The topological polar surface area (TPSA) is 102 Å². The fourth-order valence-corrected chi connectivity index (χ4v) is 3.27. The fraction of sp³-hybridized carbons (Fsp3) is 0.333. The number of halogens is 1. The Hall–Kier alpha value is -3.75. The lowest BCUT2D eigenvalue weighted by Gasteiger charge is -2.17. The van der Waals surface area contributed by atoms with Crippen LogP contribution >= 0.6 is 0 Å². The van der Waals surface area contributed by atoms with Crippen molar-refractivity contribution in [1.29, 1.82) is 0 Å². The molecule has 1 N–H and O–H groups in total. The summed E-state index contributed by atoms with van der Waals surface area (Å²) in [5.41, 5.74) is 1.30. The van der Waals surface area contributed by atoms with Crippen molar-refractivity contribution >= 4 is 35.1 Å². The lowest BCUT2D eigenvalue weighted by atomic mass is 10.1. The molecule has 3 rings (SSSR count). The number of esters is 2. The van der Waals surface area contributed by atoms with Crippen LogP contribution in [0, 0.1) is 11.7 Å². The third kappa shape index (κ3) is 6.61. The Morgan fingerprint density at radius 1 is 1.06 bits per heavy atom. The SMILES string of the molecule is CCCCOC(=O)c1ccc(N2C[C@H](C(=O)OCC(=O)Nc3ccc(F)cc3)CC2=O)cc1. The van der Waals surface area contributed by atoms with Crippen LogP contribution in [0.2, 0.25) is 0 Å². The number of hydrogen-bond donors (Lipinski definition) is 1. The minimum atomic E-state index is -0.713. The van der Waals surface area contributed by atoms with Gasteiger partial charge < -0.3 is 19.7 Å². The highest BCUT2D eigenvalue weighted by molar-refractivity contribution is 6.00. The molecule has 174 valence electrons. The summed E-state index contributed by atoms with van der Waals surface area (Å²) in [5, 5.41) is 2.49. The molecule has 0 spiro atoms. The molecule has 1 atom stereocenters. The summed E-state index contributed by atoms with van der Waals surface area (Å²) in [6, 6.07) is 11.6. The number of hydrogen-bond acceptors (Lipinski definition) is 6. The van der Waals surface area contributed by atoms with Crippen LogP contribution in [-0.2, 0) is 23.9 Å². The predicted octanol–water partition coefficient (Wildman–Crippen LogP) is 3.32. The van der Waals surface area contributed by atoms with Crippen molar-refractivity contribution in [1.82, 2.24) is 0 Å². The molecule has 33 heavy (non-hydrogen) atoms. The molecular weight excluding hydrogens is 431 g/mol. The molecule has 0 bridgehead atoms. The molecule has 1 fully saturated rings. The van der Waals surface area contributed by atoms with E-state index >= 15 is 0 Å². The molecule has 0 saturated carbocycles. The quantitative estimate of drug-likeness (QED) is 0.459. The maximum Gasteiger partial charge on any atom is 0.338 e. The number of rotatable bonds is 9. The standard InChI is InChI=1S/C24H25FN2O6/c1-2-3-12-32-23(30)16-4-10-20(11-5-16)27-14-17(13-22(27)29)24(31)33-15-21(28)26-19-8-6-18(25)7-9-19/h4-11,17H,2-3,12-15H2,1H3,(H,26,28)/t17-/m1/s1. The number of benzene rings is 2. The summed E-state index contributed by atoms with van der Waals surface area (Å²) < 4.78 is 23.1. The van der Waals surface area contributed by atoms with Crippen molar-refractivity contribution < 1.29 is 33.0 Å². The molecule has 9 heteroatoms. The Morgan fingerprint density at radius 2 is 1.76 bits per heavy atom. The average molecular weight is 456 g/mol. The van der Waals surface area contributed by atoms with Gasteiger partial charge in [0.05, 0.1) is 18.1 Å². The van der Waals surface area contributed by atoms with E-state index < -0.39 is 36.2 Å². The lowest BCUT2D eigenvalue weighted by molar-refractivity contribution is -0.151. The lowest BCUT2D eigenvalue weighted by Crippen LogP contribution is -2.28. The van der Waals surface area contributed by atoms with Gasteiger partial charge in [-0.05, 0) is 55.0 Å². The minimum absolute atomic E-state index is 0.0424. The van der Waals surface area contributed by atoms with Gasteiger partial charge in [-0.1, -0.05) is 13.3 Å². The van der Waals surface area contributed by atoms with Crippen LogP contribution in [0.25, 0.3) is 0 Å². The number of ether oxygens (including phenoxy) is 2. The zero-order chi connectivity index (χ0) is 23.8. The zero-order valence-corrected chi connectivity index (χ0v) is 18.2. The maximum absolute atomic E-state index is 12.9. The average Bonchev–Trinajstić information content (AvgIpc) is 3.21. The molecule has 1 aliphatic rings. The van der Waals surface area contributed by atoms with Crippen LogP contribution < -0.4 is 10.2 Å². The molecule has 1 heterocycles. The van der Waals surface area contributed by atoms with Gasteiger partial charge in [0.25, 0.3) is 5.91 Å². The third-order valence-corrected chi connectivity index (χ3v) is 5.08. The van der Waals surface area contributed by atoms with E-state index in [-0.39, 0.29) is 18.9 Å². The summed E-state index contributed by atoms with van der Waals surface area (Å²) >= 11 is 0. The Morgan fingerprint density at radius 3 is 2.42 bits per heavy atom. The van der Waals surface area contributed by atoms with Gasteiger partial charge in [-0.3, -0.25) is 14.4 Å². The summed E-state index contributed by atoms with van der Waals surface area (Å²) in [7, 11) is 0. The first-order chi connectivity index (χ1) is 15.9. The Balaban J connectivity index is 1.49. The van der Waals surface area contributed by atoms with E-state index in [0.29, 0.717) is 23.5 Å². The highest BCUT2D eigenvalue weighted by atomic mass is 19.1. The van der Waals surface area contributed by atoms with Crippen LogP contribution in [0.15, 0.2) is 48.5 Å². The molecule has 0 aromatic heterocycles. The Labute approximate surface area is 190 Å². The molecule has 1 saturated heterocycles. The number of carbonyl (C=O) groups is 4. The van der Waals surface area contributed by atoms with Gasteiger partial charge in [0, 0.05) is 24.3 Å². The van der Waals surface area contributed by atoms with Crippen molar-refractivity contribution in [3.63, 3.8) is 0 Å². The summed E-state index contributed by atoms with van der Waals surface area (Å²) in [6.07, 6.45) is 1.67. The van der Waals surface area contributed by atoms with E-state index in [1.165, 1.54) is 29.2 Å². The first-order valence-electron chi connectivity index (χ1n) is 10.7. The highest BCUT2D eigenvalue weighted by Gasteiger charge is 2.36. The Kier molecular flexibility index (Phi) is 8.12. The van der Waals surface area contributed by atoms with Crippen molar-refractivity contribution in [3.05, 3.63) is 59.9 Å². The van der Waals surface area contributed by atoms with Crippen LogP contribution in [0.1, 0.15) is 36.5 Å². The zero-order valence-electron chi connectivity index (χ0n) is 18.2. The summed E-state index contributed by atoms with van der Waals surface area (Å²) in [4.78, 5) is 50.1.